The molecule has 44 heavy (non-hydrogen) atoms. The van der Waals surface area contributed by atoms with Gasteiger partial charge in [0, 0.05) is 61.1 Å². The number of amides is 1. The number of fused-ring (bicyclic) bond motifs is 1. The summed E-state index contributed by atoms with van der Waals surface area (Å²) in [5, 5.41) is 6.27. The lowest BCUT2D eigenvalue weighted by atomic mass is 9.78. The summed E-state index contributed by atoms with van der Waals surface area (Å²) in [6.07, 6.45) is 7.48. The molecule has 1 aromatic carbocycles. The maximum atomic E-state index is 13.9. The molecule has 3 aliphatic heterocycles. The topological polar surface area (TPSA) is 95.1 Å². The van der Waals surface area contributed by atoms with Gasteiger partial charge in [0.1, 0.15) is 12.6 Å². The Hall–Kier alpha value is -3.10. The van der Waals surface area contributed by atoms with Crippen LogP contribution in [0.25, 0.3) is 11.3 Å². The molecule has 2 aromatic rings. The average molecular weight is 616 g/mol. The summed E-state index contributed by atoms with van der Waals surface area (Å²) < 4.78 is 5.97. The quantitative estimate of drug-likeness (QED) is 0.374. The first kappa shape index (κ1) is 29.6. The van der Waals surface area contributed by atoms with Gasteiger partial charge < -0.3 is 19.9 Å². The zero-order chi connectivity index (χ0) is 30.3. The molecule has 4 heterocycles. The molecule has 3 saturated heterocycles. The number of likely N-dealkylation sites (N-methyl/N-ethyl adjacent to an activating group) is 1. The van der Waals surface area contributed by atoms with Gasteiger partial charge in [-0.2, -0.15) is 0 Å². The SMILES string of the molecule is CN1CCN(c2nc(-c3ccc(C(=O)NC(C=O)(C4CCCCC4)N4CC(C#CC5CC5)C5OCC(=O)C54)cc3)cs2)CC1. The number of nitrogens with one attached hydrogen (secondary N) is 1. The van der Waals surface area contributed by atoms with Gasteiger partial charge in [-0.05, 0) is 44.9 Å². The normalized spacial score (nSPS) is 27.8. The number of benzene rings is 1. The fourth-order valence-corrected chi connectivity index (χ4v) is 8.24. The van der Waals surface area contributed by atoms with Gasteiger partial charge in [0.15, 0.2) is 22.9 Å². The first-order valence-corrected chi connectivity index (χ1v) is 17.0. The van der Waals surface area contributed by atoms with Gasteiger partial charge in [0.05, 0.1) is 17.7 Å². The van der Waals surface area contributed by atoms with Crippen molar-refractivity contribution < 1.29 is 19.1 Å². The van der Waals surface area contributed by atoms with Crippen molar-refractivity contribution in [3.8, 4) is 23.1 Å². The van der Waals surface area contributed by atoms with Crippen LogP contribution in [0.15, 0.2) is 29.6 Å². The van der Waals surface area contributed by atoms with Gasteiger partial charge in [-0.15, -0.1) is 11.3 Å². The Morgan fingerprint density at radius 1 is 1.07 bits per heavy atom. The molecular formula is C34H41N5O4S. The van der Waals surface area contributed by atoms with E-state index in [4.69, 9.17) is 9.72 Å². The van der Waals surface area contributed by atoms with E-state index in [9.17, 15) is 14.4 Å². The minimum absolute atomic E-state index is 0.0234. The van der Waals surface area contributed by atoms with Crippen LogP contribution in [0.3, 0.4) is 0 Å². The number of aromatic nitrogens is 1. The van der Waals surface area contributed by atoms with Gasteiger partial charge in [-0.1, -0.05) is 43.2 Å². The smallest absolute Gasteiger partial charge is 0.253 e. The van der Waals surface area contributed by atoms with E-state index in [0.717, 1.165) is 93.8 Å². The lowest BCUT2D eigenvalue weighted by Gasteiger charge is -2.46. The molecule has 0 spiro atoms. The number of carbonyl (C=O) groups excluding carboxylic acids is 3. The van der Waals surface area contributed by atoms with E-state index in [2.05, 4.69) is 39.4 Å². The number of carbonyl (C=O) groups is 3. The van der Waals surface area contributed by atoms with Crippen LogP contribution in [0, 0.1) is 29.6 Å². The van der Waals surface area contributed by atoms with Crippen LogP contribution < -0.4 is 10.2 Å². The molecule has 2 aliphatic carbocycles. The number of rotatable bonds is 7. The van der Waals surface area contributed by atoms with E-state index in [-0.39, 0.29) is 36.2 Å². The second-order valence-corrected chi connectivity index (χ2v) is 14.0. The molecule has 232 valence electrons. The average Bonchev–Trinajstić information content (AvgIpc) is 3.43. The Morgan fingerprint density at radius 2 is 1.82 bits per heavy atom. The van der Waals surface area contributed by atoms with Crippen LogP contribution >= 0.6 is 11.3 Å². The standard InChI is InChI=1S/C34H41N5O4S/c1-37-15-17-38(18-16-37)33-35-28(21-44-33)24-11-13-25(14-12-24)32(42)36-34(22-40,27-5-3-2-4-6-27)39-19-26(10-9-23-7-8-23)31-30(39)29(41)20-43-31/h11-14,21-23,26-27,30-31H,2-8,15-20H2,1H3,(H,36,42). The Kier molecular flexibility index (Phi) is 8.31. The van der Waals surface area contributed by atoms with E-state index >= 15 is 0 Å². The first-order chi connectivity index (χ1) is 21.4. The highest BCUT2D eigenvalue weighted by atomic mass is 32.1. The number of likely N-dealkylation sites (tertiary alicyclic amines) is 1. The second-order valence-electron chi connectivity index (χ2n) is 13.1. The number of anilines is 1. The highest BCUT2D eigenvalue weighted by Crippen LogP contribution is 2.42. The first-order valence-electron chi connectivity index (χ1n) is 16.2. The van der Waals surface area contributed by atoms with E-state index in [0.29, 0.717) is 18.0 Å². The number of nitrogens with zero attached hydrogens (tertiary/aromatic N) is 4. The number of hydrogen-bond donors (Lipinski definition) is 1. The van der Waals surface area contributed by atoms with Crippen molar-refractivity contribution in [2.75, 3.05) is 51.3 Å². The van der Waals surface area contributed by atoms with Crippen molar-refractivity contribution in [2.45, 2.75) is 62.8 Å². The molecule has 0 bridgehead atoms. The van der Waals surface area contributed by atoms with Gasteiger partial charge in [0.25, 0.3) is 5.91 Å². The van der Waals surface area contributed by atoms with E-state index in [1.165, 1.54) is 0 Å². The second kappa shape index (κ2) is 12.4. The molecule has 1 aromatic heterocycles. The summed E-state index contributed by atoms with van der Waals surface area (Å²) in [4.78, 5) is 51.9. The summed E-state index contributed by atoms with van der Waals surface area (Å²) in [6, 6.07) is 6.87. The van der Waals surface area contributed by atoms with Gasteiger partial charge in [0.2, 0.25) is 0 Å². The minimum Gasteiger partial charge on any atom is -0.367 e. The molecule has 2 saturated carbocycles. The molecule has 7 rings (SSSR count). The highest BCUT2D eigenvalue weighted by Gasteiger charge is 2.59. The summed E-state index contributed by atoms with van der Waals surface area (Å²) in [7, 11) is 2.14. The van der Waals surface area contributed by atoms with Gasteiger partial charge in [-0.25, -0.2) is 4.98 Å². The number of piperazine rings is 1. The minimum atomic E-state index is -1.30. The molecular weight excluding hydrogens is 574 g/mol. The zero-order valence-electron chi connectivity index (χ0n) is 25.4. The fourth-order valence-electron chi connectivity index (χ4n) is 7.35. The van der Waals surface area contributed by atoms with Gasteiger partial charge in [-0.3, -0.25) is 19.3 Å². The van der Waals surface area contributed by atoms with Crippen LogP contribution in [0.1, 0.15) is 55.3 Å². The monoisotopic (exact) mass is 615 g/mol. The molecule has 1 N–H and O–H groups in total. The summed E-state index contributed by atoms with van der Waals surface area (Å²) in [5.41, 5.74) is 1.01. The van der Waals surface area contributed by atoms with E-state index in [1.807, 2.05) is 17.0 Å². The zero-order valence-corrected chi connectivity index (χ0v) is 26.2. The van der Waals surface area contributed by atoms with Crippen LogP contribution in [0.4, 0.5) is 5.13 Å². The molecule has 1 amide bonds. The maximum Gasteiger partial charge on any atom is 0.253 e. The molecule has 0 radical (unpaired) electrons. The Morgan fingerprint density at radius 3 is 2.52 bits per heavy atom. The number of Topliss-reactive ketones (excluding diaryl/α,β-unsaturated/α-hetero) is 1. The maximum absolute atomic E-state index is 13.9. The van der Waals surface area contributed by atoms with Crippen molar-refractivity contribution in [1.82, 2.24) is 20.1 Å². The van der Waals surface area contributed by atoms with Gasteiger partial charge >= 0.3 is 0 Å². The molecule has 10 heteroatoms. The number of ether oxygens (including phenoxy) is 1. The number of hydrogen-bond acceptors (Lipinski definition) is 9. The molecule has 4 atom stereocenters. The van der Waals surface area contributed by atoms with Crippen LogP contribution in [-0.2, 0) is 14.3 Å². The molecule has 5 fully saturated rings. The predicted molar refractivity (Wildman–Crippen MR) is 169 cm³/mol. The third-order valence-corrected chi connectivity index (χ3v) is 11.0. The molecule has 9 nitrogen and oxygen atoms in total. The van der Waals surface area contributed by atoms with Crippen molar-refractivity contribution in [3.63, 3.8) is 0 Å². The number of thiazole rings is 1. The van der Waals surface area contributed by atoms with Crippen molar-refractivity contribution in [1.29, 1.82) is 0 Å². The number of ketones is 1. The van der Waals surface area contributed by atoms with Crippen molar-refractivity contribution in [2.24, 2.45) is 17.8 Å². The van der Waals surface area contributed by atoms with Crippen LogP contribution in [0.2, 0.25) is 0 Å². The fraction of sp³-hybridized carbons (Fsp3) is 0.588. The third kappa shape index (κ3) is 5.71. The van der Waals surface area contributed by atoms with E-state index < -0.39 is 11.7 Å². The van der Waals surface area contributed by atoms with E-state index in [1.54, 1.807) is 23.5 Å². The third-order valence-electron chi connectivity index (χ3n) is 10.1. The predicted octanol–water partition coefficient (Wildman–Crippen LogP) is 3.45. The molecule has 5 aliphatic rings. The summed E-state index contributed by atoms with van der Waals surface area (Å²) >= 11 is 1.64. The van der Waals surface area contributed by atoms with Crippen molar-refractivity contribution in [3.05, 3.63) is 35.2 Å². The highest BCUT2D eigenvalue weighted by molar-refractivity contribution is 7.14. The lowest BCUT2D eigenvalue weighted by molar-refractivity contribution is -0.132. The largest absolute Gasteiger partial charge is 0.367 e. The Bertz CT molecular complexity index is 1450. The Labute approximate surface area is 263 Å². The summed E-state index contributed by atoms with van der Waals surface area (Å²) in [6.45, 7) is 4.43. The Balaban J connectivity index is 1.13. The summed E-state index contributed by atoms with van der Waals surface area (Å²) in [5.74, 6) is 6.55. The lowest BCUT2D eigenvalue weighted by Crippen LogP contribution is -2.68. The molecule has 4 unspecified atom stereocenters. The number of aldehydes is 1. The van der Waals surface area contributed by atoms with Crippen LogP contribution in [-0.4, -0.2) is 96.9 Å². The van der Waals surface area contributed by atoms with Crippen LogP contribution in [0.5, 0.6) is 0 Å². The van der Waals surface area contributed by atoms with Crippen molar-refractivity contribution >= 4 is 34.4 Å².